The van der Waals surface area contributed by atoms with Gasteiger partial charge in [0, 0.05) is 19.6 Å². The first-order chi connectivity index (χ1) is 6.97. The lowest BCUT2D eigenvalue weighted by Gasteiger charge is -2.36. The van der Waals surface area contributed by atoms with Crippen molar-refractivity contribution in [3.05, 3.63) is 0 Å². The Morgan fingerprint density at radius 1 is 0.857 bits per heavy atom. The summed E-state index contributed by atoms with van der Waals surface area (Å²) >= 11 is 0. The summed E-state index contributed by atoms with van der Waals surface area (Å²) < 4.78 is 0. The van der Waals surface area contributed by atoms with Crippen LogP contribution in [0.5, 0.6) is 0 Å². The minimum atomic E-state index is 0.599. The molecule has 0 radical (unpaired) electrons. The molecule has 3 heteroatoms. The summed E-state index contributed by atoms with van der Waals surface area (Å²) in [7, 11) is 0. The number of hydrogen-bond donors (Lipinski definition) is 2. The van der Waals surface area contributed by atoms with E-state index in [0.29, 0.717) is 6.17 Å². The van der Waals surface area contributed by atoms with E-state index in [2.05, 4.69) is 15.5 Å². The standard InChI is InChI=1S/C11H23N3/c1-2-4-8-14(9-5-3-1)11-10-12-6-7-13-11/h11-13H,1-10H2. The molecule has 2 N–H and O–H groups in total. The van der Waals surface area contributed by atoms with E-state index in [9.17, 15) is 0 Å². The van der Waals surface area contributed by atoms with Gasteiger partial charge >= 0.3 is 0 Å². The average molecular weight is 197 g/mol. The van der Waals surface area contributed by atoms with E-state index in [-0.39, 0.29) is 0 Å². The number of rotatable bonds is 1. The summed E-state index contributed by atoms with van der Waals surface area (Å²) in [6, 6.07) is 0. The minimum absolute atomic E-state index is 0.599. The Balaban J connectivity index is 1.80. The molecular weight excluding hydrogens is 174 g/mol. The highest BCUT2D eigenvalue weighted by atomic mass is 15.3. The van der Waals surface area contributed by atoms with Crippen LogP contribution in [0.25, 0.3) is 0 Å². The van der Waals surface area contributed by atoms with Crippen molar-refractivity contribution in [1.29, 1.82) is 0 Å². The Bertz CT molecular complexity index is 147. The predicted octanol–water partition coefficient (Wildman–Crippen LogP) is 0.771. The number of hydrogen-bond acceptors (Lipinski definition) is 3. The minimum Gasteiger partial charge on any atom is -0.313 e. The van der Waals surface area contributed by atoms with Gasteiger partial charge in [-0.1, -0.05) is 19.3 Å². The first kappa shape index (κ1) is 10.4. The Morgan fingerprint density at radius 3 is 2.21 bits per heavy atom. The Kier molecular flexibility index (Phi) is 4.22. The fraction of sp³-hybridized carbons (Fsp3) is 1.00. The normalized spacial score (nSPS) is 32.1. The van der Waals surface area contributed by atoms with Crippen molar-refractivity contribution in [2.75, 3.05) is 32.7 Å². The monoisotopic (exact) mass is 197 g/mol. The molecule has 0 aliphatic carbocycles. The summed E-state index contributed by atoms with van der Waals surface area (Å²) in [5.41, 5.74) is 0. The first-order valence-corrected chi connectivity index (χ1v) is 6.15. The molecule has 0 bridgehead atoms. The van der Waals surface area contributed by atoms with E-state index in [0.717, 1.165) is 19.6 Å². The highest BCUT2D eigenvalue weighted by Gasteiger charge is 2.19. The number of likely N-dealkylation sites (tertiary alicyclic amines) is 1. The van der Waals surface area contributed by atoms with E-state index in [1.165, 1.54) is 45.2 Å². The van der Waals surface area contributed by atoms with Crippen LogP contribution in [0.3, 0.4) is 0 Å². The molecule has 0 amide bonds. The smallest absolute Gasteiger partial charge is 0.0726 e. The second-order valence-electron chi connectivity index (χ2n) is 4.48. The van der Waals surface area contributed by atoms with E-state index < -0.39 is 0 Å². The zero-order chi connectivity index (χ0) is 9.64. The molecular formula is C11H23N3. The fourth-order valence-electron chi connectivity index (χ4n) is 2.48. The second kappa shape index (κ2) is 5.69. The SMILES string of the molecule is C1CCCN(C2CNCCN2)CCC1. The molecule has 2 saturated heterocycles. The third-order valence-electron chi connectivity index (χ3n) is 3.35. The van der Waals surface area contributed by atoms with Gasteiger partial charge < -0.3 is 5.32 Å². The zero-order valence-corrected chi connectivity index (χ0v) is 9.10. The van der Waals surface area contributed by atoms with Gasteiger partial charge in [0.25, 0.3) is 0 Å². The van der Waals surface area contributed by atoms with E-state index in [1.54, 1.807) is 0 Å². The molecule has 0 aromatic heterocycles. The highest BCUT2D eigenvalue weighted by molar-refractivity contribution is 4.77. The fourth-order valence-corrected chi connectivity index (χ4v) is 2.48. The molecule has 82 valence electrons. The van der Waals surface area contributed by atoms with Crippen LogP contribution in [0.1, 0.15) is 32.1 Å². The van der Waals surface area contributed by atoms with Crippen molar-refractivity contribution in [2.24, 2.45) is 0 Å². The van der Waals surface area contributed by atoms with Crippen molar-refractivity contribution >= 4 is 0 Å². The van der Waals surface area contributed by atoms with E-state index >= 15 is 0 Å². The maximum atomic E-state index is 3.60. The maximum absolute atomic E-state index is 3.60. The number of nitrogens with one attached hydrogen (secondary N) is 2. The third kappa shape index (κ3) is 2.94. The molecule has 14 heavy (non-hydrogen) atoms. The second-order valence-corrected chi connectivity index (χ2v) is 4.48. The lowest BCUT2D eigenvalue weighted by molar-refractivity contribution is 0.136. The largest absolute Gasteiger partial charge is 0.313 e. The van der Waals surface area contributed by atoms with Crippen LogP contribution < -0.4 is 10.6 Å². The molecule has 1 unspecified atom stereocenters. The van der Waals surface area contributed by atoms with Crippen LogP contribution in [-0.2, 0) is 0 Å². The van der Waals surface area contributed by atoms with E-state index in [4.69, 9.17) is 0 Å². The molecule has 2 rings (SSSR count). The average Bonchev–Trinajstić information content (AvgIpc) is 2.18. The van der Waals surface area contributed by atoms with Crippen molar-refractivity contribution in [1.82, 2.24) is 15.5 Å². The molecule has 3 nitrogen and oxygen atoms in total. The molecule has 1 atom stereocenters. The van der Waals surface area contributed by atoms with Crippen molar-refractivity contribution in [3.8, 4) is 0 Å². The molecule has 0 saturated carbocycles. The van der Waals surface area contributed by atoms with Gasteiger partial charge in [0.2, 0.25) is 0 Å². The van der Waals surface area contributed by atoms with Gasteiger partial charge in [0.05, 0.1) is 6.17 Å². The Hall–Kier alpha value is -0.120. The van der Waals surface area contributed by atoms with Crippen LogP contribution in [0, 0.1) is 0 Å². The zero-order valence-electron chi connectivity index (χ0n) is 9.10. The molecule has 0 spiro atoms. The van der Waals surface area contributed by atoms with Crippen LogP contribution in [0.2, 0.25) is 0 Å². The van der Waals surface area contributed by atoms with Gasteiger partial charge in [-0.25, -0.2) is 0 Å². The van der Waals surface area contributed by atoms with Gasteiger partial charge in [-0.2, -0.15) is 0 Å². The maximum Gasteiger partial charge on any atom is 0.0726 e. The molecule has 2 aliphatic rings. The quantitative estimate of drug-likeness (QED) is 0.650. The van der Waals surface area contributed by atoms with Crippen molar-refractivity contribution < 1.29 is 0 Å². The Morgan fingerprint density at radius 2 is 1.57 bits per heavy atom. The Labute approximate surface area is 87.2 Å². The molecule has 2 aliphatic heterocycles. The molecule has 2 fully saturated rings. The topological polar surface area (TPSA) is 27.3 Å². The van der Waals surface area contributed by atoms with E-state index in [1.807, 2.05) is 0 Å². The molecule has 2 heterocycles. The lowest BCUT2D eigenvalue weighted by atomic mass is 10.1. The van der Waals surface area contributed by atoms with Gasteiger partial charge in [-0.3, -0.25) is 10.2 Å². The summed E-state index contributed by atoms with van der Waals surface area (Å²) in [5.74, 6) is 0. The predicted molar refractivity (Wildman–Crippen MR) is 59.3 cm³/mol. The van der Waals surface area contributed by atoms with Gasteiger partial charge in [-0.15, -0.1) is 0 Å². The lowest BCUT2D eigenvalue weighted by Crippen LogP contribution is -2.57. The van der Waals surface area contributed by atoms with Gasteiger partial charge in [0.1, 0.15) is 0 Å². The third-order valence-corrected chi connectivity index (χ3v) is 3.35. The number of piperazine rings is 1. The van der Waals surface area contributed by atoms with Crippen LogP contribution in [-0.4, -0.2) is 43.8 Å². The van der Waals surface area contributed by atoms with Crippen LogP contribution in [0.15, 0.2) is 0 Å². The first-order valence-electron chi connectivity index (χ1n) is 6.15. The van der Waals surface area contributed by atoms with Gasteiger partial charge in [0.15, 0.2) is 0 Å². The summed E-state index contributed by atoms with van der Waals surface area (Å²) in [4.78, 5) is 2.63. The highest BCUT2D eigenvalue weighted by Crippen LogP contribution is 2.12. The molecule has 0 aromatic carbocycles. The van der Waals surface area contributed by atoms with Crippen LogP contribution >= 0.6 is 0 Å². The summed E-state index contributed by atoms with van der Waals surface area (Å²) in [6.07, 6.45) is 7.68. The molecule has 0 aromatic rings. The van der Waals surface area contributed by atoms with Gasteiger partial charge in [-0.05, 0) is 25.9 Å². The summed E-state index contributed by atoms with van der Waals surface area (Å²) in [5, 5.41) is 7.06. The number of nitrogens with zero attached hydrogens (tertiary/aromatic N) is 1. The van der Waals surface area contributed by atoms with Crippen LogP contribution in [0.4, 0.5) is 0 Å². The van der Waals surface area contributed by atoms with Crippen molar-refractivity contribution in [2.45, 2.75) is 38.3 Å². The summed E-state index contributed by atoms with van der Waals surface area (Å²) in [6.45, 7) is 5.96. The van der Waals surface area contributed by atoms with Crippen molar-refractivity contribution in [3.63, 3.8) is 0 Å².